The zero-order chi connectivity index (χ0) is 13.0. The maximum atomic E-state index is 12.5. The summed E-state index contributed by atoms with van der Waals surface area (Å²) >= 11 is 3.35. The van der Waals surface area contributed by atoms with Crippen molar-refractivity contribution < 1.29 is 4.79 Å². The molecule has 0 aliphatic carbocycles. The molecule has 1 amide bonds. The molecule has 2 heterocycles. The summed E-state index contributed by atoms with van der Waals surface area (Å²) in [5.74, 6) is 0.0868. The molecule has 0 saturated carbocycles. The molecule has 1 unspecified atom stereocenters. The van der Waals surface area contributed by atoms with Crippen LogP contribution in [0.5, 0.6) is 0 Å². The van der Waals surface area contributed by atoms with Gasteiger partial charge in [0.05, 0.1) is 5.56 Å². The van der Waals surface area contributed by atoms with Crippen LogP contribution in [-0.4, -0.2) is 42.0 Å². The average Bonchev–Trinajstić information content (AvgIpc) is 2.39. The van der Waals surface area contributed by atoms with E-state index in [9.17, 15) is 4.79 Å². The Morgan fingerprint density at radius 1 is 1.56 bits per heavy atom. The third-order valence-electron chi connectivity index (χ3n) is 3.28. The first-order valence-electron chi connectivity index (χ1n) is 6.28. The first-order chi connectivity index (χ1) is 8.72. The van der Waals surface area contributed by atoms with Gasteiger partial charge in [0.2, 0.25) is 0 Å². The summed E-state index contributed by atoms with van der Waals surface area (Å²) in [6.07, 6.45) is 6.70. The highest BCUT2D eigenvalue weighted by Crippen LogP contribution is 2.20. The number of halogens is 1. The quantitative estimate of drug-likeness (QED) is 0.929. The lowest BCUT2D eigenvalue weighted by atomic mass is 10.0. The van der Waals surface area contributed by atoms with Gasteiger partial charge in [-0.2, -0.15) is 0 Å². The first-order valence-corrected chi connectivity index (χ1v) is 7.08. The number of pyridine rings is 1. The van der Waals surface area contributed by atoms with Gasteiger partial charge in [0.15, 0.2) is 0 Å². The highest BCUT2D eigenvalue weighted by molar-refractivity contribution is 9.10. The molecule has 18 heavy (non-hydrogen) atoms. The van der Waals surface area contributed by atoms with E-state index >= 15 is 0 Å². The molecule has 1 N–H and O–H groups in total. The fourth-order valence-electron chi connectivity index (χ4n) is 2.41. The van der Waals surface area contributed by atoms with Gasteiger partial charge in [-0.15, -0.1) is 0 Å². The van der Waals surface area contributed by atoms with Gasteiger partial charge in [0, 0.05) is 36.0 Å². The van der Waals surface area contributed by atoms with Crippen LogP contribution in [0.2, 0.25) is 0 Å². The number of piperidine rings is 1. The predicted octanol–water partition coefficient (Wildman–Crippen LogP) is 2.06. The third-order valence-corrected chi connectivity index (χ3v) is 3.71. The normalized spacial score (nSPS) is 19.9. The van der Waals surface area contributed by atoms with Crippen molar-refractivity contribution in [1.29, 1.82) is 0 Å². The minimum absolute atomic E-state index is 0.0868. The number of amides is 1. The van der Waals surface area contributed by atoms with Crippen LogP contribution in [0.3, 0.4) is 0 Å². The molecule has 0 bridgehead atoms. The Labute approximate surface area is 116 Å². The van der Waals surface area contributed by atoms with Gasteiger partial charge in [0.25, 0.3) is 5.91 Å². The van der Waals surface area contributed by atoms with E-state index in [2.05, 4.69) is 26.2 Å². The number of likely N-dealkylation sites (tertiary alicyclic amines) is 1. The van der Waals surface area contributed by atoms with Gasteiger partial charge in [-0.3, -0.25) is 9.78 Å². The second-order valence-electron chi connectivity index (χ2n) is 4.60. The standard InChI is InChI=1S/C13H18BrN3O/c1-15-9-12-4-2-3-5-17(12)13(18)10-6-11(14)8-16-7-10/h6-8,12,15H,2-5,9H2,1H3. The molecule has 5 heteroatoms. The van der Waals surface area contributed by atoms with Gasteiger partial charge >= 0.3 is 0 Å². The van der Waals surface area contributed by atoms with Crippen molar-refractivity contribution in [1.82, 2.24) is 15.2 Å². The summed E-state index contributed by atoms with van der Waals surface area (Å²) in [4.78, 5) is 18.5. The smallest absolute Gasteiger partial charge is 0.255 e. The minimum Gasteiger partial charge on any atom is -0.334 e. The van der Waals surface area contributed by atoms with Crippen LogP contribution in [-0.2, 0) is 0 Å². The van der Waals surface area contributed by atoms with Crippen LogP contribution in [0, 0.1) is 0 Å². The lowest BCUT2D eigenvalue weighted by Gasteiger charge is -2.35. The molecule has 1 aromatic heterocycles. The Morgan fingerprint density at radius 3 is 3.11 bits per heavy atom. The molecule has 0 aromatic carbocycles. The number of likely N-dealkylation sites (N-methyl/N-ethyl adjacent to an activating group) is 1. The van der Waals surface area contributed by atoms with Gasteiger partial charge in [-0.25, -0.2) is 0 Å². The Morgan fingerprint density at radius 2 is 2.39 bits per heavy atom. The van der Waals surface area contributed by atoms with Crippen molar-refractivity contribution in [2.75, 3.05) is 20.1 Å². The lowest BCUT2D eigenvalue weighted by Crippen LogP contribution is -2.48. The largest absolute Gasteiger partial charge is 0.334 e. The molecule has 1 fully saturated rings. The zero-order valence-electron chi connectivity index (χ0n) is 10.5. The van der Waals surface area contributed by atoms with Crippen molar-refractivity contribution in [2.24, 2.45) is 0 Å². The Balaban J connectivity index is 2.15. The predicted molar refractivity (Wildman–Crippen MR) is 74.5 cm³/mol. The summed E-state index contributed by atoms with van der Waals surface area (Å²) in [5.41, 5.74) is 0.660. The molecule has 0 radical (unpaired) electrons. The lowest BCUT2D eigenvalue weighted by molar-refractivity contribution is 0.0614. The van der Waals surface area contributed by atoms with E-state index < -0.39 is 0 Å². The van der Waals surface area contributed by atoms with E-state index in [4.69, 9.17) is 0 Å². The number of nitrogens with one attached hydrogen (secondary N) is 1. The molecule has 1 saturated heterocycles. The molecular formula is C13H18BrN3O. The third kappa shape index (κ3) is 3.09. The number of nitrogens with zero attached hydrogens (tertiary/aromatic N) is 2. The second kappa shape index (κ2) is 6.29. The Kier molecular flexibility index (Phi) is 4.72. The molecule has 98 valence electrons. The molecule has 4 nitrogen and oxygen atoms in total. The number of carbonyl (C=O) groups is 1. The minimum atomic E-state index is 0.0868. The molecule has 2 rings (SSSR count). The van der Waals surface area contributed by atoms with E-state index in [0.717, 1.165) is 30.4 Å². The van der Waals surface area contributed by atoms with Crippen molar-refractivity contribution in [2.45, 2.75) is 25.3 Å². The number of hydrogen-bond acceptors (Lipinski definition) is 3. The van der Waals surface area contributed by atoms with E-state index in [-0.39, 0.29) is 5.91 Å². The van der Waals surface area contributed by atoms with Crippen LogP contribution in [0.25, 0.3) is 0 Å². The summed E-state index contributed by atoms with van der Waals surface area (Å²) in [5, 5.41) is 3.17. The van der Waals surface area contributed by atoms with Gasteiger partial charge in [-0.05, 0) is 48.3 Å². The van der Waals surface area contributed by atoms with Crippen molar-refractivity contribution in [3.8, 4) is 0 Å². The summed E-state index contributed by atoms with van der Waals surface area (Å²) < 4.78 is 0.843. The number of carbonyl (C=O) groups excluding carboxylic acids is 1. The van der Waals surface area contributed by atoms with Crippen molar-refractivity contribution >= 4 is 21.8 Å². The summed E-state index contributed by atoms with van der Waals surface area (Å²) in [6.45, 7) is 1.70. The molecule has 1 atom stereocenters. The Bertz CT molecular complexity index is 422. The highest BCUT2D eigenvalue weighted by Gasteiger charge is 2.27. The number of aromatic nitrogens is 1. The maximum Gasteiger partial charge on any atom is 0.255 e. The molecule has 1 aliphatic rings. The SMILES string of the molecule is CNCC1CCCCN1C(=O)c1cncc(Br)c1. The van der Waals surface area contributed by atoms with Crippen molar-refractivity contribution in [3.63, 3.8) is 0 Å². The average molecular weight is 312 g/mol. The molecule has 1 aliphatic heterocycles. The van der Waals surface area contributed by atoms with E-state index in [1.165, 1.54) is 6.42 Å². The van der Waals surface area contributed by atoms with Crippen LogP contribution in [0.4, 0.5) is 0 Å². The van der Waals surface area contributed by atoms with Crippen LogP contribution in [0.1, 0.15) is 29.6 Å². The van der Waals surface area contributed by atoms with E-state index in [1.807, 2.05) is 18.0 Å². The molecular weight excluding hydrogens is 294 g/mol. The monoisotopic (exact) mass is 311 g/mol. The van der Waals surface area contributed by atoms with Gasteiger partial charge in [0.1, 0.15) is 0 Å². The fourth-order valence-corrected chi connectivity index (χ4v) is 2.78. The second-order valence-corrected chi connectivity index (χ2v) is 5.51. The summed E-state index contributed by atoms with van der Waals surface area (Å²) in [7, 11) is 1.93. The first kappa shape index (κ1) is 13.5. The molecule has 0 spiro atoms. The number of rotatable bonds is 3. The van der Waals surface area contributed by atoms with E-state index in [1.54, 1.807) is 12.4 Å². The van der Waals surface area contributed by atoms with Gasteiger partial charge < -0.3 is 10.2 Å². The molecule has 1 aromatic rings. The number of hydrogen-bond donors (Lipinski definition) is 1. The van der Waals surface area contributed by atoms with E-state index in [0.29, 0.717) is 11.6 Å². The summed E-state index contributed by atoms with van der Waals surface area (Å²) in [6, 6.07) is 2.13. The van der Waals surface area contributed by atoms with Crippen LogP contribution < -0.4 is 5.32 Å². The highest BCUT2D eigenvalue weighted by atomic mass is 79.9. The fraction of sp³-hybridized carbons (Fsp3) is 0.538. The maximum absolute atomic E-state index is 12.5. The van der Waals surface area contributed by atoms with Crippen molar-refractivity contribution in [3.05, 3.63) is 28.5 Å². The van der Waals surface area contributed by atoms with Crippen LogP contribution >= 0.6 is 15.9 Å². The zero-order valence-corrected chi connectivity index (χ0v) is 12.1. The topological polar surface area (TPSA) is 45.2 Å². The Hall–Kier alpha value is -0.940. The van der Waals surface area contributed by atoms with Gasteiger partial charge in [-0.1, -0.05) is 0 Å². The van der Waals surface area contributed by atoms with Crippen LogP contribution in [0.15, 0.2) is 22.9 Å².